The molecule has 0 radical (unpaired) electrons. The van der Waals surface area contributed by atoms with Gasteiger partial charge in [0.1, 0.15) is 11.5 Å². The molecule has 0 aliphatic carbocycles. The summed E-state index contributed by atoms with van der Waals surface area (Å²) >= 11 is 6.20. The Morgan fingerprint density at radius 2 is 2.04 bits per heavy atom. The molecule has 0 bridgehead atoms. The van der Waals surface area contributed by atoms with E-state index in [0.717, 1.165) is 11.1 Å². The van der Waals surface area contributed by atoms with Crippen LogP contribution in [0.5, 0.6) is 5.75 Å². The quantitative estimate of drug-likeness (QED) is 0.722. The van der Waals surface area contributed by atoms with E-state index in [9.17, 15) is 4.79 Å². The van der Waals surface area contributed by atoms with Crippen LogP contribution in [0.15, 0.2) is 52.9 Å². The lowest BCUT2D eigenvalue weighted by atomic mass is 10.0. The topological polar surface area (TPSA) is 64.4 Å². The Labute approximate surface area is 162 Å². The van der Waals surface area contributed by atoms with Crippen molar-refractivity contribution in [2.24, 2.45) is 0 Å². The molecule has 1 amide bonds. The van der Waals surface area contributed by atoms with Crippen molar-refractivity contribution < 1.29 is 13.9 Å². The van der Waals surface area contributed by atoms with Crippen molar-refractivity contribution in [2.75, 3.05) is 6.61 Å². The highest BCUT2D eigenvalue weighted by molar-refractivity contribution is 6.32. The highest BCUT2D eigenvalue weighted by Crippen LogP contribution is 2.37. The third kappa shape index (κ3) is 3.69. The number of hydrogen-bond acceptors (Lipinski definition) is 4. The van der Waals surface area contributed by atoms with E-state index < -0.39 is 0 Å². The Morgan fingerprint density at radius 1 is 1.22 bits per heavy atom. The summed E-state index contributed by atoms with van der Waals surface area (Å²) in [6, 6.07) is 15.1. The van der Waals surface area contributed by atoms with Gasteiger partial charge in [-0.2, -0.15) is 0 Å². The highest BCUT2D eigenvalue weighted by Gasteiger charge is 2.25. The van der Waals surface area contributed by atoms with E-state index in [1.165, 1.54) is 0 Å². The molecule has 27 heavy (non-hydrogen) atoms. The molecule has 0 fully saturated rings. The number of hydrogen-bond donors (Lipinski definition) is 1. The number of nitrogens with one attached hydrogen (secondary N) is 1. The van der Waals surface area contributed by atoms with Gasteiger partial charge < -0.3 is 14.5 Å². The van der Waals surface area contributed by atoms with E-state index in [1.807, 2.05) is 49.4 Å². The van der Waals surface area contributed by atoms with Crippen molar-refractivity contribution in [1.82, 2.24) is 10.3 Å². The van der Waals surface area contributed by atoms with Gasteiger partial charge in [0.2, 0.25) is 11.8 Å². The summed E-state index contributed by atoms with van der Waals surface area (Å²) < 4.78 is 11.4. The predicted molar refractivity (Wildman–Crippen MR) is 103 cm³/mol. The molecule has 3 aromatic rings. The number of benzene rings is 2. The fourth-order valence-electron chi connectivity index (χ4n) is 3.23. The number of oxazole rings is 1. The van der Waals surface area contributed by atoms with Crippen LogP contribution < -0.4 is 10.1 Å². The molecule has 2 aromatic carbocycles. The zero-order valence-corrected chi connectivity index (χ0v) is 15.6. The second-order valence-electron chi connectivity index (χ2n) is 6.48. The number of nitrogens with zero attached hydrogens (tertiary/aromatic N) is 1. The van der Waals surface area contributed by atoms with Crippen LogP contribution in [0.4, 0.5) is 0 Å². The molecule has 1 aromatic heterocycles. The van der Waals surface area contributed by atoms with E-state index in [-0.39, 0.29) is 18.4 Å². The first kappa shape index (κ1) is 17.6. The fourth-order valence-corrected chi connectivity index (χ4v) is 3.47. The Bertz CT molecular complexity index is 969. The lowest BCUT2D eigenvalue weighted by Crippen LogP contribution is -2.33. The van der Waals surface area contributed by atoms with Crippen molar-refractivity contribution in [3.05, 3.63) is 70.6 Å². The van der Waals surface area contributed by atoms with E-state index >= 15 is 0 Å². The minimum Gasteiger partial charge on any atom is -0.492 e. The van der Waals surface area contributed by atoms with Gasteiger partial charge in [-0.3, -0.25) is 4.79 Å². The molecule has 1 atom stereocenters. The van der Waals surface area contributed by atoms with Crippen LogP contribution in [-0.2, 0) is 11.2 Å². The second kappa shape index (κ2) is 7.45. The average Bonchev–Trinajstić information content (AvgIpc) is 3.04. The van der Waals surface area contributed by atoms with Crippen LogP contribution >= 0.6 is 11.6 Å². The Hall–Kier alpha value is -2.79. The zero-order chi connectivity index (χ0) is 18.8. The fraction of sp³-hybridized carbons (Fsp3) is 0.238. The lowest BCUT2D eigenvalue weighted by Gasteiger charge is -2.27. The van der Waals surface area contributed by atoms with Crippen molar-refractivity contribution in [3.8, 4) is 17.2 Å². The molecular formula is C21H19ClN2O3. The number of amides is 1. The lowest BCUT2D eigenvalue weighted by molar-refractivity contribution is -0.121. The van der Waals surface area contributed by atoms with Crippen LogP contribution in [0.2, 0.25) is 5.02 Å². The Morgan fingerprint density at radius 3 is 2.85 bits per heavy atom. The molecule has 0 saturated heterocycles. The summed E-state index contributed by atoms with van der Waals surface area (Å²) in [7, 11) is 0. The third-order valence-corrected chi connectivity index (χ3v) is 4.90. The van der Waals surface area contributed by atoms with Crippen molar-refractivity contribution >= 4 is 17.5 Å². The second-order valence-corrected chi connectivity index (χ2v) is 6.89. The van der Waals surface area contributed by atoms with Crippen LogP contribution in [0, 0.1) is 6.92 Å². The van der Waals surface area contributed by atoms with Gasteiger partial charge in [0.25, 0.3) is 0 Å². The summed E-state index contributed by atoms with van der Waals surface area (Å²) in [6.45, 7) is 2.34. The van der Waals surface area contributed by atoms with Crippen LogP contribution in [0.25, 0.3) is 11.5 Å². The predicted octanol–water partition coefficient (Wildman–Crippen LogP) is 4.49. The van der Waals surface area contributed by atoms with Crippen LogP contribution in [0.3, 0.4) is 0 Å². The third-order valence-electron chi connectivity index (χ3n) is 4.60. The van der Waals surface area contributed by atoms with Gasteiger partial charge in [-0.15, -0.1) is 0 Å². The van der Waals surface area contributed by atoms with Crippen molar-refractivity contribution in [3.63, 3.8) is 0 Å². The van der Waals surface area contributed by atoms with Crippen molar-refractivity contribution in [2.45, 2.75) is 25.8 Å². The number of ether oxygens (including phenoxy) is 1. The smallest absolute Gasteiger partial charge is 0.226 e. The first-order valence-electron chi connectivity index (χ1n) is 8.84. The summed E-state index contributed by atoms with van der Waals surface area (Å²) in [5.74, 6) is 1.72. The molecule has 5 nitrogen and oxygen atoms in total. The van der Waals surface area contributed by atoms with Gasteiger partial charge >= 0.3 is 0 Å². The van der Waals surface area contributed by atoms with Gasteiger partial charge in [-0.1, -0.05) is 41.9 Å². The first-order chi connectivity index (χ1) is 13.1. The number of aryl methyl sites for hydroxylation is 1. The molecule has 138 valence electrons. The normalized spacial score (nSPS) is 15.7. The monoisotopic (exact) mass is 382 g/mol. The van der Waals surface area contributed by atoms with Gasteiger partial charge in [-0.25, -0.2) is 4.98 Å². The van der Waals surface area contributed by atoms with E-state index in [0.29, 0.717) is 41.1 Å². The number of para-hydroxylation sites is 1. The number of fused-ring (bicyclic) bond motifs is 1. The molecule has 0 saturated carbocycles. The number of aromatic nitrogens is 1. The minimum absolute atomic E-state index is 0.108. The number of carbonyl (C=O) groups is 1. The van der Waals surface area contributed by atoms with Gasteiger partial charge in [-0.05, 0) is 25.1 Å². The Kier molecular flexibility index (Phi) is 4.86. The molecule has 2 heterocycles. The molecule has 0 spiro atoms. The van der Waals surface area contributed by atoms with Gasteiger partial charge in [0, 0.05) is 17.5 Å². The summed E-state index contributed by atoms with van der Waals surface area (Å²) in [5, 5.41) is 3.63. The van der Waals surface area contributed by atoms with Gasteiger partial charge in [0.05, 0.1) is 29.8 Å². The maximum absolute atomic E-state index is 12.6. The SMILES string of the molecule is Cc1oc(-c2ccccc2)nc1CC(=O)NC1CCOc2c(Cl)cccc21. The minimum atomic E-state index is -0.124. The van der Waals surface area contributed by atoms with E-state index in [1.54, 1.807) is 6.07 Å². The van der Waals surface area contributed by atoms with Crippen LogP contribution in [0.1, 0.15) is 29.5 Å². The number of carbonyl (C=O) groups excluding carboxylic acids is 1. The van der Waals surface area contributed by atoms with Crippen LogP contribution in [-0.4, -0.2) is 17.5 Å². The zero-order valence-electron chi connectivity index (χ0n) is 14.9. The number of rotatable bonds is 4. The van der Waals surface area contributed by atoms with Crippen molar-refractivity contribution in [1.29, 1.82) is 0 Å². The highest BCUT2D eigenvalue weighted by atomic mass is 35.5. The maximum atomic E-state index is 12.6. The van der Waals surface area contributed by atoms with Gasteiger partial charge in [0.15, 0.2) is 0 Å². The largest absolute Gasteiger partial charge is 0.492 e. The molecule has 6 heteroatoms. The molecule has 1 N–H and O–H groups in total. The summed E-state index contributed by atoms with van der Waals surface area (Å²) in [5.41, 5.74) is 2.44. The molecule has 1 aliphatic heterocycles. The van der Waals surface area contributed by atoms with E-state index in [4.69, 9.17) is 20.8 Å². The molecule has 1 unspecified atom stereocenters. The molecule has 1 aliphatic rings. The Balaban J connectivity index is 1.48. The summed E-state index contributed by atoms with van der Waals surface area (Å²) in [6.07, 6.45) is 0.863. The maximum Gasteiger partial charge on any atom is 0.226 e. The first-order valence-corrected chi connectivity index (χ1v) is 9.22. The average molecular weight is 383 g/mol. The van der Waals surface area contributed by atoms with E-state index in [2.05, 4.69) is 10.3 Å². The summed E-state index contributed by atoms with van der Waals surface area (Å²) in [4.78, 5) is 17.1. The molecule has 4 rings (SSSR count). The standard InChI is InChI=1S/C21H19ClN2O3/c1-13-18(24-21(27-13)14-6-3-2-4-7-14)12-19(25)23-17-10-11-26-20-15(17)8-5-9-16(20)22/h2-9,17H,10-12H2,1H3,(H,23,25). The number of halogens is 1. The molecular weight excluding hydrogens is 364 g/mol.